The molecular weight excluding hydrogens is 230 g/mol. The molecule has 1 saturated heterocycles. The smallest absolute Gasteiger partial charge is 0.226 e. The Morgan fingerprint density at radius 1 is 1.39 bits per heavy atom. The highest BCUT2D eigenvalue weighted by Crippen LogP contribution is 2.19. The zero-order valence-corrected chi connectivity index (χ0v) is 11.6. The van der Waals surface area contributed by atoms with Crippen LogP contribution in [-0.2, 0) is 9.53 Å². The van der Waals surface area contributed by atoms with Crippen molar-refractivity contribution in [2.75, 3.05) is 47.4 Å². The molecule has 18 heavy (non-hydrogen) atoms. The van der Waals surface area contributed by atoms with Gasteiger partial charge in [-0.1, -0.05) is 0 Å². The number of amides is 1. The van der Waals surface area contributed by atoms with Crippen LogP contribution in [0.15, 0.2) is 24.0 Å². The number of carbonyl (C=O) groups excluding carboxylic acids is 1. The summed E-state index contributed by atoms with van der Waals surface area (Å²) >= 11 is 0. The molecule has 5 nitrogen and oxygen atoms in total. The Morgan fingerprint density at radius 3 is 2.50 bits per heavy atom. The van der Waals surface area contributed by atoms with Crippen molar-refractivity contribution in [3.8, 4) is 0 Å². The first-order valence-electron chi connectivity index (χ1n) is 6.21. The van der Waals surface area contributed by atoms with E-state index in [9.17, 15) is 4.79 Å². The van der Waals surface area contributed by atoms with Crippen molar-refractivity contribution >= 4 is 5.91 Å². The zero-order chi connectivity index (χ0) is 13.6. The van der Waals surface area contributed by atoms with Crippen molar-refractivity contribution < 1.29 is 14.0 Å². The number of quaternary nitrogens is 1. The predicted molar refractivity (Wildman–Crippen MR) is 71.5 cm³/mol. The van der Waals surface area contributed by atoms with Gasteiger partial charge in [0.1, 0.15) is 18.8 Å². The van der Waals surface area contributed by atoms with Crippen molar-refractivity contribution in [1.82, 2.24) is 4.90 Å². The van der Waals surface area contributed by atoms with E-state index in [-0.39, 0.29) is 5.91 Å². The van der Waals surface area contributed by atoms with Gasteiger partial charge in [-0.05, 0) is 12.3 Å². The fraction of sp³-hybridized carbons (Fsp3) is 0.615. The Hall–Kier alpha value is -1.33. The normalized spacial score (nSPS) is 20.1. The lowest BCUT2D eigenvalue weighted by molar-refractivity contribution is -0.878. The van der Waals surface area contributed by atoms with Crippen molar-refractivity contribution in [2.24, 2.45) is 5.73 Å². The summed E-state index contributed by atoms with van der Waals surface area (Å²) in [5.74, 6) is 0.0952. The van der Waals surface area contributed by atoms with Crippen LogP contribution in [0.5, 0.6) is 0 Å². The lowest BCUT2D eigenvalue weighted by atomic mass is 10.2. The Kier molecular flexibility index (Phi) is 5.37. The van der Waals surface area contributed by atoms with Crippen LogP contribution in [0.4, 0.5) is 0 Å². The van der Waals surface area contributed by atoms with Gasteiger partial charge in [-0.3, -0.25) is 9.28 Å². The third kappa shape index (κ3) is 3.85. The summed E-state index contributed by atoms with van der Waals surface area (Å²) in [7, 11) is 5.67. The van der Waals surface area contributed by atoms with Crippen LogP contribution in [0.25, 0.3) is 0 Å². The van der Waals surface area contributed by atoms with Crippen LogP contribution < -0.4 is 5.73 Å². The molecule has 1 aliphatic rings. The number of nitrogens with zero attached hydrogens (tertiary/aromatic N) is 2. The number of hydrogen-bond donors (Lipinski definition) is 1. The summed E-state index contributed by atoms with van der Waals surface area (Å²) < 4.78 is 6.16. The number of likely N-dealkylation sites (N-methyl/N-ethyl adjacent to an activating group) is 1. The SMILES string of the molecule is CN(C)C(=O)CC=C(C=CN)[N+]1(C)CCOCC1. The lowest BCUT2D eigenvalue weighted by Crippen LogP contribution is -2.50. The minimum absolute atomic E-state index is 0.0952. The summed E-state index contributed by atoms with van der Waals surface area (Å²) in [5.41, 5.74) is 6.58. The van der Waals surface area contributed by atoms with Crippen molar-refractivity contribution in [1.29, 1.82) is 0 Å². The van der Waals surface area contributed by atoms with Gasteiger partial charge in [-0.2, -0.15) is 0 Å². The molecule has 2 N–H and O–H groups in total. The van der Waals surface area contributed by atoms with E-state index in [4.69, 9.17) is 10.5 Å². The summed E-state index contributed by atoms with van der Waals surface area (Å²) in [6, 6.07) is 0. The second-order valence-corrected chi connectivity index (χ2v) is 4.94. The minimum atomic E-state index is 0.0952. The van der Waals surface area contributed by atoms with Crippen LogP contribution in [0.2, 0.25) is 0 Å². The number of morpholine rings is 1. The van der Waals surface area contributed by atoms with E-state index in [1.54, 1.807) is 19.0 Å². The molecule has 1 aliphatic heterocycles. The molecule has 0 atom stereocenters. The van der Waals surface area contributed by atoms with Crippen molar-refractivity contribution in [3.05, 3.63) is 24.0 Å². The van der Waals surface area contributed by atoms with E-state index in [1.807, 2.05) is 12.2 Å². The quantitative estimate of drug-likeness (QED) is 0.580. The van der Waals surface area contributed by atoms with E-state index in [0.717, 1.165) is 36.5 Å². The molecule has 1 amide bonds. The van der Waals surface area contributed by atoms with Gasteiger partial charge in [-0.15, -0.1) is 0 Å². The molecule has 0 unspecified atom stereocenters. The first-order valence-corrected chi connectivity index (χ1v) is 6.21. The number of allylic oxidation sites excluding steroid dienone is 1. The lowest BCUT2D eigenvalue weighted by Gasteiger charge is -2.37. The van der Waals surface area contributed by atoms with E-state index >= 15 is 0 Å². The maximum absolute atomic E-state index is 11.6. The second kappa shape index (κ2) is 6.56. The second-order valence-electron chi connectivity index (χ2n) is 4.94. The van der Waals surface area contributed by atoms with Crippen LogP contribution in [-0.4, -0.2) is 62.7 Å². The zero-order valence-electron chi connectivity index (χ0n) is 11.6. The van der Waals surface area contributed by atoms with Crippen molar-refractivity contribution in [2.45, 2.75) is 6.42 Å². The maximum atomic E-state index is 11.6. The van der Waals surface area contributed by atoms with Crippen LogP contribution in [0, 0.1) is 0 Å². The highest BCUT2D eigenvalue weighted by Gasteiger charge is 2.28. The topological polar surface area (TPSA) is 55.6 Å². The largest absolute Gasteiger partial charge is 0.404 e. The van der Waals surface area contributed by atoms with E-state index in [1.165, 1.54) is 6.20 Å². The number of carbonyl (C=O) groups is 1. The third-order valence-corrected chi connectivity index (χ3v) is 3.33. The van der Waals surface area contributed by atoms with Gasteiger partial charge in [0, 0.05) is 20.2 Å². The first-order chi connectivity index (χ1) is 8.49. The molecule has 0 aromatic heterocycles. The summed E-state index contributed by atoms with van der Waals surface area (Å²) in [6.07, 6.45) is 5.79. The summed E-state index contributed by atoms with van der Waals surface area (Å²) in [4.78, 5) is 13.2. The fourth-order valence-corrected chi connectivity index (χ4v) is 1.95. The van der Waals surface area contributed by atoms with Crippen LogP contribution in [0.1, 0.15) is 6.42 Å². The molecule has 0 saturated carbocycles. The van der Waals surface area contributed by atoms with Gasteiger partial charge in [0.05, 0.1) is 26.7 Å². The molecule has 0 aromatic rings. The number of rotatable bonds is 4. The van der Waals surface area contributed by atoms with Crippen LogP contribution >= 0.6 is 0 Å². The molecule has 0 spiro atoms. The highest BCUT2D eigenvalue weighted by atomic mass is 16.5. The van der Waals surface area contributed by atoms with Gasteiger partial charge in [0.2, 0.25) is 5.91 Å². The highest BCUT2D eigenvalue weighted by molar-refractivity contribution is 5.77. The monoisotopic (exact) mass is 254 g/mol. The number of nitrogens with two attached hydrogens (primary N) is 1. The van der Waals surface area contributed by atoms with Crippen molar-refractivity contribution in [3.63, 3.8) is 0 Å². The number of ether oxygens (including phenoxy) is 1. The Morgan fingerprint density at radius 2 is 2.00 bits per heavy atom. The summed E-state index contributed by atoms with van der Waals surface area (Å²) in [6.45, 7) is 3.31. The van der Waals surface area contributed by atoms with Gasteiger partial charge >= 0.3 is 0 Å². The Labute approximate surface area is 109 Å². The van der Waals surface area contributed by atoms with Gasteiger partial charge in [0.25, 0.3) is 0 Å². The van der Waals surface area contributed by atoms with Crippen LogP contribution in [0.3, 0.4) is 0 Å². The molecule has 102 valence electrons. The molecule has 1 fully saturated rings. The molecule has 0 bridgehead atoms. The average molecular weight is 254 g/mol. The average Bonchev–Trinajstić information content (AvgIpc) is 2.34. The Bertz CT molecular complexity index is 342. The molecule has 1 heterocycles. The molecular formula is C13H24N3O2+. The van der Waals surface area contributed by atoms with E-state index in [0.29, 0.717) is 6.42 Å². The molecule has 0 radical (unpaired) electrons. The third-order valence-electron chi connectivity index (χ3n) is 3.33. The number of hydrogen-bond acceptors (Lipinski definition) is 3. The summed E-state index contributed by atoms with van der Waals surface area (Å²) in [5, 5.41) is 0. The molecule has 1 rings (SSSR count). The minimum Gasteiger partial charge on any atom is -0.404 e. The predicted octanol–water partition coefficient (Wildman–Crippen LogP) is 0.298. The van der Waals surface area contributed by atoms with E-state index < -0.39 is 0 Å². The van der Waals surface area contributed by atoms with Gasteiger partial charge < -0.3 is 15.4 Å². The molecule has 5 heteroatoms. The van der Waals surface area contributed by atoms with Gasteiger partial charge in [0.15, 0.2) is 0 Å². The fourth-order valence-electron chi connectivity index (χ4n) is 1.95. The Balaban J connectivity index is 2.81. The maximum Gasteiger partial charge on any atom is 0.226 e. The van der Waals surface area contributed by atoms with E-state index in [2.05, 4.69) is 7.05 Å². The molecule has 0 aromatic carbocycles. The standard InChI is InChI=1S/C13H24N3O2/c1-15(2)13(17)5-4-12(6-7-14)16(3)8-10-18-11-9-16/h4,6-7H,5,8-11,14H2,1-3H3/q+1. The first kappa shape index (κ1) is 14.7. The molecule has 0 aliphatic carbocycles. The van der Waals surface area contributed by atoms with Gasteiger partial charge in [-0.25, -0.2) is 0 Å².